The molecule has 0 N–H and O–H groups in total. The summed E-state index contributed by atoms with van der Waals surface area (Å²) in [4.78, 5) is 18.2. The second kappa shape index (κ2) is 7.25. The zero-order valence-electron chi connectivity index (χ0n) is 15.9. The molecule has 5 rings (SSSR count). The average Bonchev–Trinajstić information content (AvgIpc) is 2.69. The first kappa shape index (κ1) is 17.8. The van der Waals surface area contributed by atoms with Gasteiger partial charge in [0.05, 0.1) is 12.5 Å². The largest absolute Gasteiger partial charge is 0.335 e. The number of benzene rings is 1. The summed E-state index contributed by atoms with van der Waals surface area (Å²) in [5.74, 6) is 1.63. The van der Waals surface area contributed by atoms with Crippen molar-refractivity contribution in [2.24, 2.45) is 11.8 Å². The molecule has 1 amide bonds. The van der Waals surface area contributed by atoms with E-state index >= 15 is 0 Å². The molecule has 1 aromatic carbocycles. The van der Waals surface area contributed by atoms with Gasteiger partial charge in [-0.15, -0.1) is 0 Å². The van der Waals surface area contributed by atoms with E-state index in [9.17, 15) is 4.79 Å². The second-order valence-electron chi connectivity index (χ2n) is 8.90. The normalized spacial score (nSPS) is 33.1. The molecule has 3 nitrogen and oxygen atoms in total. The van der Waals surface area contributed by atoms with Crippen LogP contribution in [0, 0.1) is 11.8 Å². The van der Waals surface area contributed by atoms with Crippen LogP contribution >= 0.6 is 11.6 Å². The molecule has 4 atom stereocenters. The van der Waals surface area contributed by atoms with Crippen LogP contribution < -0.4 is 0 Å². The zero-order valence-corrected chi connectivity index (χ0v) is 16.7. The highest BCUT2D eigenvalue weighted by Gasteiger charge is 2.46. The molecule has 4 heteroatoms. The van der Waals surface area contributed by atoms with E-state index in [4.69, 9.17) is 11.6 Å². The molecule has 0 radical (unpaired) electrons. The molecule has 1 aromatic rings. The van der Waals surface area contributed by atoms with E-state index in [0.29, 0.717) is 18.4 Å². The number of hydrogen-bond donors (Lipinski definition) is 0. The minimum atomic E-state index is 0.284. The highest BCUT2D eigenvalue weighted by Crippen LogP contribution is 2.45. The standard InChI is InChI=1S/C23H29ClN2O/c24-20-8-6-16(7-9-20)12-22(27)26-11-3-4-17-13-18-14-19(23(17)26)15-25-10-2-1-5-21(18)25/h6-9,13,18-19,21,23H,1-5,10-12,14-15H2/t18-,19+,21-,23-/m1/s1. The number of halogens is 1. The molecule has 0 aromatic heterocycles. The molecule has 4 aliphatic rings. The Balaban J connectivity index is 1.38. The monoisotopic (exact) mass is 384 g/mol. The van der Waals surface area contributed by atoms with Gasteiger partial charge in [0, 0.05) is 24.2 Å². The first-order valence-corrected chi connectivity index (χ1v) is 11.1. The van der Waals surface area contributed by atoms with Crippen molar-refractivity contribution in [1.29, 1.82) is 0 Å². The summed E-state index contributed by atoms with van der Waals surface area (Å²) >= 11 is 5.99. The van der Waals surface area contributed by atoms with Gasteiger partial charge in [-0.25, -0.2) is 0 Å². The summed E-state index contributed by atoms with van der Waals surface area (Å²) in [7, 11) is 0. The quantitative estimate of drug-likeness (QED) is 0.709. The van der Waals surface area contributed by atoms with Crippen LogP contribution in [0.4, 0.5) is 0 Å². The predicted molar refractivity (Wildman–Crippen MR) is 109 cm³/mol. The van der Waals surface area contributed by atoms with Crippen LogP contribution in [-0.2, 0) is 11.2 Å². The van der Waals surface area contributed by atoms with Crippen LogP contribution in [0.2, 0.25) is 5.02 Å². The van der Waals surface area contributed by atoms with E-state index < -0.39 is 0 Å². The lowest BCUT2D eigenvalue weighted by atomic mass is 9.68. The third-order valence-electron chi connectivity index (χ3n) is 7.25. The Kier molecular flexibility index (Phi) is 4.77. The first-order valence-electron chi connectivity index (χ1n) is 10.7. The van der Waals surface area contributed by atoms with E-state index in [0.717, 1.165) is 35.5 Å². The van der Waals surface area contributed by atoms with Crippen LogP contribution in [0.15, 0.2) is 35.9 Å². The van der Waals surface area contributed by atoms with Gasteiger partial charge in [-0.2, -0.15) is 0 Å². The summed E-state index contributed by atoms with van der Waals surface area (Å²) in [6.45, 7) is 3.36. The Bertz CT molecular complexity index is 743. The predicted octanol–water partition coefficient (Wildman–Crippen LogP) is 4.30. The third kappa shape index (κ3) is 3.34. The van der Waals surface area contributed by atoms with Crippen LogP contribution in [0.5, 0.6) is 0 Å². The third-order valence-corrected chi connectivity index (χ3v) is 7.50. The summed E-state index contributed by atoms with van der Waals surface area (Å²) in [5.41, 5.74) is 2.63. The number of piperidine rings is 3. The molecule has 0 saturated carbocycles. The molecular weight excluding hydrogens is 356 g/mol. The Morgan fingerprint density at radius 3 is 2.81 bits per heavy atom. The van der Waals surface area contributed by atoms with Crippen molar-refractivity contribution < 1.29 is 4.79 Å². The number of likely N-dealkylation sites (tertiary alicyclic amines) is 1. The van der Waals surface area contributed by atoms with Crippen LogP contribution in [-0.4, -0.2) is 47.4 Å². The molecule has 144 valence electrons. The van der Waals surface area contributed by atoms with Crippen molar-refractivity contribution in [2.75, 3.05) is 19.6 Å². The number of hydrogen-bond acceptors (Lipinski definition) is 2. The molecule has 1 aliphatic carbocycles. The fraction of sp³-hybridized carbons (Fsp3) is 0.609. The van der Waals surface area contributed by atoms with Crippen molar-refractivity contribution in [3.63, 3.8) is 0 Å². The Morgan fingerprint density at radius 1 is 1.11 bits per heavy atom. The van der Waals surface area contributed by atoms with Crippen molar-refractivity contribution in [2.45, 2.75) is 57.0 Å². The van der Waals surface area contributed by atoms with Gasteiger partial charge in [0.1, 0.15) is 0 Å². The smallest absolute Gasteiger partial charge is 0.227 e. The summed E-state index contributed by atoms with van der Waals surface area (Å²) < 4.78 is 0. The fourth-order valence-electron chi connectivity index (χ4n) is 6.13. The van der Waals surface area contributed by atoms with Gasteiger partial charge in [-0.3, -0.25) is 9.69 Å². The Morgan fingerprint density at radius 2 is 1.96 bits per heavy atom. The number of rotatable bonds is 2. The van der Waals surface area contributed by atoms with Gasteiger partial charge < -0.3 is 4.90 Å². The molecule has 27 heavy (non-hydrogen) atoms. The van der Waals surface area contributed by atoms with Gasteiger partial charge in [0.25, 0.3) is 0 Å². The summed E-state index contributed by atoms with van der Waals surface area (Å²) in [6, 6.07) is 8.85. The van der Waals surface area contributed by atoms with Crippen molar-refractivity contribution in [3.8, 4) is 0 Å². The van der Waals surface area contributed by atoms with Crippen molar-refractivity contribution in [1.82, 2.24) is 9.80 Å². The van der Waals surface area contributed by atoms with Gasteiger partial charge in [0.2, 0.25) is 5.91 Å². The SMILES string of the molecule is O=C(Cc1ccc(Cl)cc1)N1CCCC2=C[C@@H]3C[C@@H](CN4CCCC[C@H]34)[C@@H]21. The number of carbonyl (C=O) groups excluding carboxylic acids is 1. The maximum atomic E-state index is 13.2. The Labute approximate surface area is 167 Å². The van der Waals surface area contributed by atoms with E-state index in [1.54, 1.807) is 5.57 Å². The average molecular weight is 385 g/mol. The van der Waals surface area contributed by atoms with Crippen LogP contribution in [0.1, 0.15) is 44.1 Å². The molecular formula is C23H29ClN2O. The number of fused-ring (bicyclic) bond motifs is 6. The lowest BCUT2D eigenvalue weighted by molar-refractivity contribution is -0.135. The minimum Gasteiger partial charge on any atom is -0.335 e. The second-order valence-corrected chi connectivity index (χ2v) is 9.33. The highest BCUT2D eigenvalue weighted by molar-refractivity contribution is 6.30. The molecule has 3 fully saturated rings. The lowest BCUT2D eigenvalue weighted by Crippen LogP contribution is -2.60. The maximum absolute atomic E-state index is 13.2. The maximum Gasteiger partial charge on any atom is 0.227 e. The summed E-state index contributed by atoms with van der Waals surface area (Å²) in [5, 5.41) is 0.728. The van der Waals surface area contributed by atoms with Gasteiger partial charge in [-0.05, 0) is 68.2 Å². The van der Waals surface area contributed by atoms with E-state index in [1.165, 1.54) is 45.2 Å². The van der Waals surface area contributed by atoms with Gasteiger partial charge >= 0.3 is 0 Å². The van der Waals surface area contributed by atoms with E-state index in [-0.39, 0.29) is 5.91 Å². The Hall–Kier alpha value is -1.32. The van der Waals surface area contributed by atoms with Crippen molar-refractivity contribution >= 4 is 17.5 Å². The molecule has 3 saturated heterocycles. The van der Waals surface area contributed by atoms with E-state index in [2.05, 4.69) is 15.9 Å². The van der Waals surface area contributed by atoms with Crippen molar-refractivity contribution in [3.05, 3.63) is 46.5 Å². The highest BCUT2D eigenvalue weighted by atomic mass is 35.5. The minimum absolute atomic E-state index is 0.284. The zero-order chi connectivity index (χ0) is 18.4. The number of carbonyl (C=O) groups is 1. The number of nitrogens with zero attached hydrogens (tertiary/aromatic N) is 2. The van der Waals surface area contributed by atoms with Crippen LogP contribution in [0.3, 0.4) is 0 Å². The molecule has 2 bridgehead atoms. The first-order chi connectivity index (χ1) is 13.2. The van der Waals surface area contributed by atoms with E-state index in [1.807, 2.05) is 24.3 Å². The lowest BCUT2D eigenvalue weighted by Gasteiger charge is -2.54. The molecule has 3 heterocycles. The molecule has 0 unspecified atom stereocenters. The van der Waals surface area contributed by atoms with Gasteiger partial charge in [-0.1, -0.05) is 41.8 Å². The molecule has 3 aliphatic heterocycles. The topological polar surface area (TPSA) is 23.6 Å². The van der Waals surface area contributed by atoms with Gasteiger partial charge in [0.15, 0.2) is 0 Å². The van der Waals surface area contributed by atoms with Crippen LogP contribution in [0.25, 0.3) is 0 Å². The number of amides is 1. The molecule has 0 spiro atoms. The fourth-order valence-corrected chi connectivity index (χ4v) is 6.26. The summed E-state index contributed by atoms with van der Waals surface area (Å²) in [6.07, 6.45) is 10.8.